The minimum atomic E-state index is -0.431. The molecule has 8 nitrogen and oxygen atoms in total. The molecule has 30 heavy (non-hydrogen) atoms. The van der Waals surface area contributed by atoms with Crippen LogP contribution in [-0.2, 0) is 16.0 Å². The third-order valence-electron chi connectivity index (χ3n) is 5.97. The summed E-state index contributed by atoms with van der Waals surface area (Å²) < 4.78 is 5.26. The molecule has 3 rings (SSSR count). The van der Waals surface area contributed by atoms with Gasteiger partial charge in [-0.2, -0.15) is 0 Å². The lowest BCUT2D eigenvalue weighted by molar-refractivity contribution is -0.132. The molecule has 2 saturated heterocycles. The van der Waals surface area contributed by atoms with Crippen molar-refractivity contribution in [2.75, 3.05) is 60.5 Å². The molecule has 1 spiro atoms. The SMILES string of the molecule is CCN1C[C@]2(CC1=O)CN(C(=O)Cc1cccc(OC)c1)CCN(C(=O)N(C)C)C2. The van der Waals surface area contributed by atoms with Crippen LogP contribution in [0.25, 0.3) is 0 Å². The largest absolute Gasteiger partial charge is 0.497 e. The topological polar surface area (TPSA) is 73.4 Å². The van der Waals surface area contributed by atoms with Crippen molar-refractivity contribution in [3.63, 3.8) is 0 Å². The number of carbonyl (C=O) groups excluding carboxylic acids is 3. The summed E-state index contributed by atoms with van der Waals surface area (Å²) in [6.07, 6.45) is 0.626. The van der Waals surface area contributed by atoms with Crippen molar-refractivity contribution in [2.24, 2.45) is 5.41 Å². The summed E-state index contributed by atoms with van der Waals surface area (Å²) in [4.78, 5) is 45.4. The van der Waals surface area contributed by atoms with Crippen molar-refractivity contribution in [3.8, 4) is 5.75 Å². The van der Waals surface area contributed by atoms with E-state index >= 15 is 0 Å². The van der Waals surface area contributed by atoms with Crippen molar-refractivity contribution >= 4 is 17.8 Å². The zero-order chi connectivity index (χ0) is 21.9. The minimum absolute atomic E-state index is 0.00387. The van der Waals surface area contributed by atoms with Gasteiger partial charge in [-0.25, -0.2) is 4.79 Å². The summed E-state index contributed by atoms with van der Waals surface area (Å²) >= 11 is 0. The molecule has 1 atom stereocenters. The first-order valence-electron chi connectivity index (χ1n) is 10.4. The molecule has 1 aromatic carbocycles. The monoisotopic (exact) mass is 416 g/mol. The van der Waals surface area contributed by atoms with Crippen molar-refractivity contribution in [2.45, 2.75) is 19.8 Å². The molecule has 0 N–H and O–H groups in total. The lowest BCUT2D eigenvalue weighted by Gasteiger charge is -2.34. The number of nitrogens with zero attached hydrogens (tertiary/aromatic N) is 4. The Balaban J connectivity index is 1.82. The standard InChI is InChI=1S/C22H32N4O4/c1-5-24-14-22(13-20(24)28)15-25(9-10-26(16-22)21(29)23(2)3)19(27)12-17-7-6-8-18(11-17)30-4/h6-8,11H,5,9-10,12-16H2,1-4H3/t22-/m1/s1. The summed E-state index contributed by atoms with van der Waals surface area (Å²) in [7, 11) is 5.06. The first-order chi connectivity index (χ1) is 14.3. The van der Waals surface area contributed by atoms with Crippen molar-refractivity contribution in [1.82, 2.24) is 19.6 Å². The first-order valence-corrected chi connectivity index (χ1v) is 10.4. The van der Waals surface area contributed by atoms with E-state index in [4.69, 9.17) is 4.74 Å². The van der Waals surface area contributed by atoms with Crippen LogP contribution in [0.15, 0.2) is 24.3 Å². The van der Waals surface area contributed by atoms with E-state index in [2.05, 4.69) is 0 Å². The maximum absolute atomic E-state index is 13.2. The third kappa shape index (κ3) is 4.68. The molecule has 0 bridgehead atoms. The number of benzene rings is 1. The van der Waals surface area contributed by atoms with Crippen LogP contribution in [0.4, 0.5) is 4.79 Å². The van der Waals surface area contributed by atoms with Crippen LogP contribution < -0.4 is 4.74 Å². The average molecular weight is 417 g/mol. The van der Waals surface area contributed by atoms with Crippen molar-refractivity contribution < 1.29 is 19.1 Å². The van der Waals surface area contributed by atoms with Gasteiger partial charge < -0.3 is 24.3 Å². The second kappa shape index (κ2) is 8.93. The molecule has 0 saturated carbocycles. The summed E-state index contributed by atoms with van der Waals surface area (Å²) in [5.74, 6) is 0.816. The predicted octanol–water partition coefficient (Wildman–Crippen LogP) is 1.30. The predicted molar refractivity (Wildman–Crippen MR) is 113 cm³/mol. The van der Waals surface area contributed by atoms with Gasteiger partial charge in [0.1, 0.15) is 5.75 Å². The fourth-order valence-corrected chi connectivity index (χ4v) is 4.47. The number of urea groups is 1. The molecule has 0 aliphatic carbocycles. The maximum atomic E-state index is 13.2. The molecule has 2 heterocycles. The number of ether oxygens (including phenoxy) is 1. The van der Waals surface area contributed by atoms with Gasteiger partial charge in [-0.1, -0.05) is 12.1 Å². The fraction of sp³-hybridized carbons (Fsp3) is 0.591. The minimum Gasteiger partial charge on any atom is -0.497 e. The maximum Gasteiger partial charge on any atom is 0.319 e. The Labute approximate surface area is 178 Å². The molecule has 164 valence electrons. The molecule has 8 heteroatoms. The molecule has 0 aromatic heterocycles. The van der Waals surface area contributed by atoms with Gasteiger partial charge in [0.25, 0.3) is 0 Å². The lowest BCUT2D eigenvalue weighted by atomic mass is 9.85. The highest BCUT2D eigenvalue weighted by Crippen LogP contribution is 2.35. The van der Waals surface area contributed by atoms with E-state index in [-0.39, 0.29) is 24.3 Å². The van der Waals surface area contributed by atoms with Gasteiger partial charge in [0, 0.05) is 65.2 Å². The number of rotatable bonds is 4. The molecule has 2 fully saturated rings. The smallest absolute Gasteiger partial charge is 0.319 e. The molecule has 0 radical (unpaired) electrons. The molecular formula is C22H32N4O4. The molecule has 2 aliphatic rings. The Kier molecular flexibility index (Phi) is 6.53. The molecule has 1 aromatic rings. The number of carbonyl (C=O) groups is 3. The quantitative estimate of drug-likeness (QED) is 0.742. The van der Waals surface area contributed by atoms with Gasteiger partial charge in [-0.05, 0) is 24.6 Å². The second-order valence-corrected chi connectivity index (χ2v) is 8.53. The van der Waals surface area contributed by atoms with Crippen LogP contribution in [0.2, 0.25) is 0 Å². The normalized spacial score (nSPS) is 21.7. The van der Waals surface area contributed by atoms with Crippen LogP contribution in [0.1, 0.15) is 18.9 Å². The zero-order valence-corrected chi connectivity index (χ0v) is 18.4. The highest BCUT2D eigenvalue weighted by molar-refractivity contribution is 5.82. The van der Waals surface area contributed by atoms with Gasteiger partial charge in [-0.3, -0.25) is 9.59 Å². The second-order valence-electron chi connectivity index (χ2n) is 8.53. The van der Waals surface area contributed by atoms with Crippen LogP contribution in [0.3, 0.4) is 0 Å². The van der Waals surface area contributed by atoms with Crippen LogP contribution in [0.5, 0.6) is 5.75 Å². The number of hydrogen-bond donors (Lipinski definition) is 0. The summed E-state index contributed by atoms with van der Waals surface area (Å²) in [5, 5.41) is 0. The number of hydrogen-bond acceptors (Lipinski definition) is 4. The molecular weight excluding hydrogens is 384 g/mol. The van der Waals surface area contributed by atoms with E-state index in [9.17, 15) is 14.4 Å². The van der Waals surface area contributed by atoms with E-state index in [1.54, 1.807) is 31.0 Å². The Hall–Kier alpha value is -2.77. The van der Waals surface area contributed by atoms with Crippen molar-refractivity contribution in [3.05, 3.63) is 29.8 Å². The van der Waals surface area contributed by atoms with Gasteiger partial charge in [0.15, 0.2) is 0 Å². The van der Waals surface area contributed by atoms with Gasteiger partial charge in [0.2, 0.25) is 11.8 Å². The van der Waals surface area contributed by atoms with Crippen LogP contribution in [-0.4, -0.2) is 97.9 Å². The molecule has 0 unspecified atom stereocenters. The number of likely N-dealkylation sites (tertiary alicyclic amines) is 1. The highest BCUT2D eigenvalue weighted by Gasteiger charge is 2.47. The Morgan fingerprint density at radius 3 is 2.47 bits per heavy atom. The highest BCUT2D eigenvalue weighted by atomic mass is 16.5. The summed E-state index contributed by atoms with van der Waals surface area (Å²) in [5.41, 5.74) is 0.454. The van der Waals surface area contributed by atoms with E-state index < -0.39 is 5.41 Å². The zero-order valence-electron chi connectivity index (χ0n) is 18.4. The first kappa shape index (κ1) is 21.9. The average Bonchev–Trinajstić information content (AvgIpc) is 2.91. The Morgan fingerprint density at radius 1 is 1.13 bits per heavy atom. The third-order valence-corrected chi connectivity index (χ3v) is 5.97. The van der Waals surface area contributed by atoms with E-state index in [0.717, 1.165) is 11.3 Å². The van der Waals surface area contributed by atoms with Crippen molar-refractivity contribution in [1.29, 1.82) is 0 Å². The van der Waals surface area contributed by atoms with Gasteiger partial charge in [-0.15, -0.1) is 0 Å². The summed E-state index contributed by atoms with van der Waals surface area (Å²) in [6, 6.07) is 7.42. The lowest BCUT2D eigenvalue weighted by Crippen LogP contribution is -2.47. The Morgan fingerprint density at radius 2 is 1.83 bits per heavy atom. The molecule has 4 amide bonds. The molecule has 2 aliphatic heterocycles. The van der Waals surface area contributed by atoms with E-state index in [1.165, 1.54) is 0 Å². The fourth-order valence-electron chi connectivity index (χ4n) is 4.47. The number of methoxy groups -OCH3 is 1. The van der Waals surface area contributed by atoms with Gasteiger partial charge >= 0.3 is 6.03 Å². The van der Waals surface area contributed by atoms with E-state index in [1.807, 2.05) is 41.0 Å². The number of amides is 4. The Bertz CT molecular complexity index is 812. The van der Waals surface area contributed by atoms with Gasteiger partial charge in [0.05, 0.1) is 13.5 Å². The summed E-state index contributed by atoms with van der Waals surface area (Å²) in [6.45, 7) is 5.06. The van der Waals surface area contributed by atoms with Crippen LogP contribution >= 0.6 is 0 Å². The van der Waals surface area contributed by atoms with Crippen LogP contribution in [0, 0.1) is 5.41 Å². The van der Waals surface area contributed by atoms with E-state index in [0.29, 0.717) is 45.7 Å².